The molecule has 0 aliphatic heterocycles. The summed E-state index contributed by atoms with van der Waals surface area (Å²) in [6, 6.07) is 10.1. The summed E-state index contributed by atoms with van der Waals surface area (Å²) in [6.07, 6.45) is 0. The molecule has 2 rings (SSSR count). The third kappa shape index (κ3) is 3.57. The minimum atomic E-state index is -1.06. The maximum absolute atomic E-state index is 11.0. The van der Waals surface area contributed by atoms with Gasteiger partial charge in [-0.2, -0.15) is 0 Å². The molecule has 0 saturated heterocycles. The van der Waals surface area contributed by atoms with Crippen LogP contribution in [0.4, 0.5) is 5.69 Å². The van der Waals surface area contributed by atoms with Crippen LogP contribution in [-0.2, 0) is 6.54 Å². The first-order chi connectivity index (χ1) is 9.47. The number of halogens is 3. The Kier molecular flexibility index (Phi) is 4.76. The molecule has 0 fully saturated rings. The number of hydrogen-bond donors (Lipinski definition) is 2. The minimum Gasteiger partial charge on any atom is -0.478 e. The van der Waals surface area contributed by atoms with Gasteiger partial charge in [-0.05, 0) is 35.9 Å². The zero-order valence-corrected chi connectivity index (χ0v) is 12.4. The number of nitrogens with one attached hydrogen (secondary N) is 1. The lowest BCUT2D eigenvalue weighted by molar-refractivity contribution is 0.0697. The fourth-order valence-corrected chi connectivity index (χ4v) is 2.17. The van der Waals surface area contributed by atoms with Crippen molar-refractivity contribution in [2.75, 3.05) is 5.32 Å². The van der Waals surface area contributed by atoms with Gasteiger partial charge in [0.05, 0.1) is 20.6 Å². The fraction of sp³-hybridized carbons (Fsp3) is 0.0714. The fourth-order valence-electron chi connectivity index (χ4n) is 1.65. The van der Waals surface area contributed by atoms with E-state index in [9.17, 15) is 4.79 Å². The van der Waals surface area contributed by atoms with E-state index in [4.69, 9.17) is 39.9 Å². The molecule has 0 saturated carbocycles. The molecular weight excluding hydrogens is 321 g/mol. The first-order valence-corrected chi connectivity index (χ1v) is 6.81. The predicted molar refractivity (Wildman–Crippen MR) is 82.2 cm³/mol. The molecule has 0 amide bonds. The molecule has 20 heavy (non-hydrogen) atoms. The number of aromatic carboxylic acids is 1. The van der Waals surface area contributed by atoms with Crippen molar-refractivity contribution in [2.24, 2.45) is 0 Å². The van der Waals surface area contributed by atoms with Gasteiger partial charge < -0.3 is 10.4 Å². The quantitative estimate of drug-likeness (QED) is 0.833. The number of anilines is 1. The van der Waals surface area contributed by atoms with Gasteiger partial charge in [-0.25, -0.2) is 4.79 Å². The van der Waals surface area contributed by atoms with Gasteiger partial charge in [0.15, 0.2) is 0 Å². The average molecular weight is 331 g/mol. The molecular formula is C14H10Cl3NO2. The zero-order valence-electron chi connectivity index (χ0n) is 10.2. The van der Waals surface area contributed by atoms with Crippen LogP contribution in [0, 0.1) is 0 Å². The monoisotopic (exact) mass is 329 g/mol. The maximum Gasteiger partial charge on any atom is 0.337 e. The summed E-state index contributed by atoms with van der Waals surface area (Å²) in [6.45, 7) is 0.498. The van der Waals surface area contributed by atoms with E-state index in [1.54, 1.807) is 24.3 Å². The Labute approximate surface area is 131 Å². The Morgan fingerprint density at radius 1 is 1.00 bits per heavy atom. The Morgan fingerprint density at radius 2 is 1.70 bits per heavy atom. The summed E-state index contributed by atoms with van der Waals surface area (Å²) in [5.74, 6) is -1.06. The number of hydrogen-bond acceptors (Lipinski definition) is 2. The van der Waals surface area contributed by atoms with E-state index in [1.165, 1.54) is 6.07 Å². The molecule has 0 aliphatic carbocycles. The second kappa shape index (κ2) is 6.35. The van der Waals surface area contributed by atoms with E-state index in [-0.39, 0.29) is 10.6 Å². The SMILES string of the molecule is O=C(O)c1cc(NCc2ccc(Cl)c(Cl)c2)ccc1Cl. The van der Waals surface area contributed by atoms with E-state index < -0.39 is 5.97 Å². The highest BCUT2D eigenvalue weighted by Crippen LogP contribution is 2.24. The first kappa shape index (κ1) is 15.0. The van der Waals surface area contributed by atoms with Crippen molar-refractivity contribution < 1.29 is 9.90 Å². The zero-order chi connectivity index (χ0) is 14.7. The molecule has 0 aromatic heterocycles. The van der Waals surface area contributed by atoms with Crippen molar-refractivity contribution in [3.63, 3.8) is 0 Å². The molecule has 0 atom stereocenters. The van der Waals surface area contributed by atoms with Gasteiger partial charge in [0.25, 0.3) is 0 Å². The van der Waals surface area contributed by atoms with Crippen molar-refractivity contribution in [3.05, 3.63) is 62.6 Å². The molecule has 2 aromatic rings. The van der Waals surface area contributed by atoms with Crippen LogP contribution in [-0.4, -0.2) is 11.1 Å². The van der Waals surface area contributed by atoms with Crippen molar-refractivity contribution in [1.82, 2.24) is 0 Å². The summed E-state index contributed by atoms with van der Waals surface area (Å²) >= 11 is 17.6. The topological polar surface area (TPSA) is 49.3 Å². The van der Waals surface area contributed by atoms with E-state index in [2.05, 4.69) is 5.32 Å². The molecule has 2 aromatic carbocycles. The Balaban J connectivity index is 2.12. The van der Waals surface area contributed by atoms with E-state index >= 15 is 0 Å². The van der Waals surface area contributed by atoms with Crippen molar-refractivity contribution in [3.8, 4) is 0 Å². The summed E-state index contributed by atoms with van der Waals surface area (Å²) in [7, 11) is 0. The summed E-state index contributed by atoms with van der Waals surface area (Å²) in [4.78, 5) is 11.0. The highest BCUT2D eigenvalue weighted by atomic mass is 35.5. The van der Waals surface area contributed by atoms with Crippen LogP contribution < -0.4 is 5.32 Å². The lowest BCUT2D eigenvalue weighted by Crippen LogP contribution is -2.02. The number of carboxylic acid groups (broad SMARTS) is 1. The summed E-state index contributed by atoms with van der Waals surface area (Å²) < 4.78 is 0. The molecule has 0 bridgehead atoms. The first-order valence-electron chi connectivity index (χ1n) is 5.68. The third-order valence-corrected chi connectivity index (χ3v) is 3.75. The van der Waals surface area contributed by atoms with Gasteiger partial charge in [0.2, 0.25) is 0 Å². The number of benzene rings is 2. The van der Waals surface area contributed by atoms with Gasteiger partial charge in [0, 0.05) is 12.2 Å². The van der Waals surface area contributed by atoms with Crippen LogP contribution in [0.25, 0.3) is 0 Å². The largest absolute Gasteiger partial charge is 0.478 e. The second-order valence-corrected chi connectivity index (χ2v) is 5.32. The lowest BCUT2D eigenvalue weighted by Gasteiger charge is -2.09. The molecule has 2 N–H and O–H groups in total. The van der Waals surface area contributed by atoms with E-state index in [0.717, 1.165) is 5.56 Å². The second-order valence-electron chi connectivity index (χ2n) is 4.10. The molecule has 104 valence electrons. The maximum atomic E-state index is 11.0. The van der Waals surface area contributed by atoms with Crippen LogP contribution >= 0.6 is 34.8 Å². The Bertz CT molecular complexity index is 659. The number of carboxylic acids is 1. The molecule has 3 nitrogen and oxygen atoms in total. The molecule has 6 heteroatoms. The smallest absolute Gasteiger partial charge is 0.337 e. The van der Waals surface area contributed by atoms with Crippen LogP contribution in [0.1, 0.15) is 15.9 Å². The average Bonchev–Trinajstić information content (AvgIpc) is 2.41. The van der Waals surface area contributed by atoms with Crippen molar-refractivity contribution >= 4 is 46.5 Å². The standard InChI is InChI=1S/C14H10Cl3NO2/c15-11-4-2-9(6-10(11)14(19)20)18-7-8-1-3-12(16)13(17)5-8/h1-6,18H,7H2,(H,19,20). The lowest BCUT2D eigenvalue weighted by atomic mass is 10.2. The van der Waals surface area contributed by atoms with E-state index in [0.29, 0.717) is 22.3 Å². The van der Waals surface area contributed by atoms with Gasteiger partial charge in [-0.1, -0.05) is 40.9 Å². The highest BCUT2D eigenvalue weighted by Gasteiger charge is 2.09. The molecule has 0 heterocycles. The van der Waals surface area contributed by atoms with Crippen LogP contribution in [0.5, 0.6) is 0 Å². The van der Waals surface area contributed by atoms with Crippen molar-refractivity contribution in [1.29, 1.82) is 0 Å². The van der Waals surface area contributed by atoms with Gasteiger partial charge in [-0.15, -0.1) is 0 Å². The molecule has 0 unspecified atom stereocenters. The number of carbonyl (C=O) groups is 1. The van der Waals surface area contributed by atoms with Gasteiger partial charge in [-0.3, -0.25) is 0 Å². The predicted octanol–water partition coefficient (Wildman–Crippen LogP) is 4.96. The summed E-state index contributed by atoms with van der Waals surface area (Å²) in [5, 5.41) is 13.3. The van der Waals surface area contributed by atoms with Crippen molar-refractivity contribution in [2.45, 2.75) is 6.54 Å². The normalized spacial score (nSPS) is 10.3. The highest BCUT2D eigenvalue weighted by molar-refractivity contribution is 6.42. The summed E-state index contributed by atoms with van der Waals surface area (Å²) in [5.41, 5.74) is 1.66. The Hall–Kier alpha value is -1.42. The molecule has 0 radical (unpaired) electrons. The molecule has 0 aliphatic rings. The van der Waals surface area contributed by atoms with Gasteiger partial charge >= 0.3 is 5.97 Å². The van der Waals surface area contributed by atoms with Gasteiger partial charge in [0.1, 0.15) is 0 Å². The van der Waals surface area contributed by atoms with E-state index in [1.807, 2.05) is 6.07 Å². The van der Waals surface area contributed by atoms with Crippen LogP contribution in [0.15, 0.2) is 36.4 Å². The third-order valence-electron chi connectivity index (χ3n) is 2.68. The number of rotatable bonds is 4. The molecule has 0 spiro atoms. The minimum absolute atomic E-state index is 0.0609. The Morgan fingerprint density at radius 3 is 2.35 bits per heavy atom. The van der Waals surface area contributed by atoms with Crippen LogP contribution in [0.3, 0.4) is 0 Å². The van der Waals surface area contributed by atoms with Crippen LogP contribution in [0.2, 0.25) is 15.1 Å².